The number of hydrogen-bond acceptors (Lipinski definition) is 3. The van der Waals surface area contributed by atoms with E-state index in [-0.39, 0.29) is 30.3 Å². The smallest absolute Gasteiger partial charge is 0.242 e. The summed E-state index contributed by atoms with van der Waals surface area (Å²) in [7, 11) is 1.93. The van der Waals surface area contributed by atoms with Crippen LogP contribution in [0.1, 0.15) is 63.7 Å². The van der Waals surface area contributed by atoms with Crippen molar-refractivity contribution in [3.63, 3.8) is 0 Å². The Kier molecular flexibility index (Phi) is 5.38. The fourth-order valence-electron chi connectivity index (χ4n) is 4.25. The molecular weight excluding hydrogens is 352 g/mol. The van der Waals surface area contributed by atoms with Crippen LogP contribution in [0.2, 0.25) is 0 Å². The maximum Gasteiger partial charge on any atom is 0.242 e. The van der Waals surface area contributed by atoms with Crippen molar-refractivity contribution in [2.75, 3.05) is 7.05 Å². The summed E-state index contributed by atoms with van der Waals surface area (Å²) >= 11 is 0. The Morgan fingerprint density at radius 2 is 1.89 bits per heavy atom. The van der Waals surface area contributed by atoms with Gasteiger partial charge in [-0.15, -0.1) is 0 Å². The Labute approximate surface area is 166 Å². The van der Waals surface area contributed by atoms with Crippen LogP contribution < -0.4 is 5.32 Å². The van der Waals surface area contributed by atoms with Crippen LogP contribution in [-0.2, 0) is 16.1 Å². The van der Waals surface area contributed by atoms with Crippen LogP contribution in [0, 0.1) is 5.92 Å². The highest BCUT2D eigenvalue weighted by atomic mass is 16.2. The molecule has 2 amide bonds. The molecule has 6 nitrogen and oxygen atoms in total. The van der Waals surface area contributed by atoms with Crippen LogP contribution in [0.4, 0.5) is 0 Å². The van der Waals surface area contributed by atoms with Gasteiger partial charge in [0.25, 0.3) is 0 Å². The van der Waals surface area contributed by atoms with Crippen molar-refractivity contribution >= 4 is 22.8 Å². The van der Waals surface area contributed by atoms with Crippen molar-refractivity contribution in [2.45, 2.75) is 70.5 Å². The molecule has 1 atom stereocenters. The molecule has 0 bridgehead atoms. The fourth-order valence-corrected chi connectivity index (χ4v) is 4.25. The third kappa shape index (κ3) is 3.91. The number of carbonyl (C=O) groups excluding carboxylic acids is 2. The molecule has 2 aromatic rings. The molecule has 2 aliphatic rings. The van der Waals surface area contributed by atoms with E-state index < -0.39 is 0 Å². The average Bonchev–Trinajstić information content (AvgIpc) is 3.51. The molecule has 0 radical (unpaired) electrons. The van der Waals surface area contributed by atoms with E-state index >= 15 is 0 Å². The lowest BCUT2D eigenvalue weighted by Crippen LogP contribution is -2.40. The van der Waals surface area contributed by atoms with Crippen LogP contribution in [0.15, 0.2) is 24.3 Å². The third-order valence-electron chi connectivity index (χ3n) is 6.19. The van der Waals surface area contributed by atoms with E-state index in [1.807, 2.05) is 47.7 Å². The summed E-state index contributed by atoms with van der Waals surface area (Å²) in [6.07, 6.45) is 7.80. The Morgan fingerprint density at radius 3 is 2.61 bits per heavy atom. The molecule has 150 valence electrons. The number of rotatable bonds is 6. The van der Waals surface area contributed by atoms with Crippen molar-refractivity contribution in [2.24, 2.45) is 5.92 Å². The first-order chi connectivity index (χ1) is 13.5. The first kappa shape index (κ1) is 19.0. The number of imidazole rings is 1. The Morgan fingerprint density at radius 1 is 1.18 bits per heavy atom. The standard InChI is InChI=1S/C22H30N4O2/c1-15(23-22(28)16-12-13-16)21-24-18-10-6-7-11-19(18)26(21)14-20(27)25(2)17-8-4-3-5-9-17/h6-7,10-11,15-17H,3-5,8-9,12-14H2,1-2H3,(H,23,28). The predicted molar refractivity (Wildman–Crippen MR) is 109 cm³/mol. The normalized spacial score (nSPS) is 18.8. The summed E-state index contributed by atoms with van der Waals surface area (Å²) in [4.78, 5) is 32.0. The van der Waals surface area contributed by atoms with Gasteiger partial charge in [-0.05, 0) is 44.7 Å². The number of hydrogen-bond donors (Lipinski definition) is 1. The highest BCUT2D eigenvalue weighted by Crippen LogP contribution is 2.30. The zero-order valence-electron chi connectivity index (χ0n) is 16.9. The molecule has 2 aliphatic carbocycles. The number of fused-ring (bicyclic) bond motifs is 1. The molecule has 0 spiro atoms. The van der Waals surface area contributed by atoms with Crippen LogP contribution in [0.3, 0.4) is 0 Å². The maximum absolute atomic E-state index is 13.1. The SMILES string of the molecule is CC(NC(=O)C1CC1)c1nc2ccccc2n1CC(=O)N(C)C1CCCCC1. The van der Waals surface area contributed by atoms with Crippen molar-refractivity contribution in [3.8, 4) is 0 Å². The molecular formula is C22H30N4O2. The second-order valence-corrected chi connectivity index (χ2v) is 8.35. The molecule has 1 heterocycles. The first-order valence-corrected chi connectivity index (χ1v) is 10.6. The second kappa shape index (κ2) is 7.94. The predicted octanol–water partition coefficient (Wildman–Crippen LogP) is 3.41. The van der Waals surface area contributed by atoms with Crippen molar-refractivity contribution in [1.82, 2.24) is 19.8 Å². The second-order valence-electron chi connectivity index (χ2n) is 8.35. The van der Waals surface area contributed by atoms with Crippen LogP contribution in [0.25, 0.3) is 11.0 Å². The van der Waals surface area contributed by atoms with E-state index in [1.54, 1.807) is 0 Å². The van der Waals surface area contributed by atoms with Crippen LogP contribution in [-0.4, -0.2) is 39.4 Å². The highest BCUT2D eigenvalue weighted by Gasteiger charge is 2.31. The summed E-state index contributed by atoms with van der Waals surface area (Å²) in [6.45, 7) is 2.21. The van der Waals surface area contributed by atoms with E-state index in [9.17, 15) is 9.59 Å². The molecule has 0 saturated heterocycles. The van der Waals surface area contributed by atoms with Crippen molar-refractivity contribution in [3.05, 3.63) is 30.1 Å². The van der Waals surface area contributed by atoms with Gasteiger partial charge in [0, 0.05) is 19.0 Å². The number of likely N-dealkylation sites (N-methyl/N-ethyl adjacent to an activating group) is 1. The number of nitrogens with one attached hydrogen (secondary N) is 1. The highest BCUT2D eigenvalue weighted by molar-refractivity contribution is 5.83. The molecule has 4 rings (SSSR count). The van der Waals surface area contributed by atoms with E-state index in [0.717, 1.165) is 42.5 Å². The summed E-state index contributed by atoms with van der Waals surface area (Å²) in [5.74, 6) is 1.11. The van der Waals surface area contributed by atoms with Gasteiger partial charge >= 0.3 is 0 Å². The lowest BCUT2D eigenvalue weighted by molar-refractivity contribution is -0.133. The van der Waals surface area contributed by atoms with Crippen LogP contribution in [0.5, 0.6) is 0 Å². The lowest BCUT2D eigenvalue weighted by Gasteiger charge is -2.31. The zero-order valence-corrected chi connectivity index (χ0v) is 16.9. The number of aromatic nitrogens is 2. The van der Waals surface area contributed by atoms with Crippen molar-refractivity contribution < 1.29 is 9.59 Å². The van der Waals surface area contributed by atoms with Gasteiger partial charge in [-0.2, -0.15) is 0 Å². The number of amides is 2. The lowest BCUT2D eigenvalue weighted by atomic mass is 9.94. The van der Waals surface area contributed by atoms with Gasteiger partial charge in [-0.3, -0.25) is 9.59 Å². The third-order valence-corrected chi connectivity index (χ3v) is 6.19. The quantitative estimate of drug-likeness (QED) is 0.832. The Bertz CT molecular complexity index is 865. The van der Waals surface area contributed by atoms with Gasteiger partial charge in [-0.25, -0.2) is 4.98 Å². The van der Waals surface area contributed by atoms with Crippen molar-refractivity contribution in [1.29, 1.82) is 0 Å². The molecule has 2 fully saturated rings. The summed E-state index contributed by atoms with van der Waals surface area (Å²) in [5.41, 5.74) is 1.80. The maximum atomic E-state index is 13.1. The van der Waals surface area contributed by atoms with E-state index in [0.29, 0.717) is 6.04 Å². The number of benzene rings is 1. The Hall–Kier alpha value is -2.37. The fraction of sp³-hybridized carbons (Fsp3) is 0.591. The summed E-state index contributed by atoms with van der Waals surface area (Å²) in [6, 6.07) is 7.98. The number of carbonyl (C=O) groups is 2. The van der Waals surface area contributed by atoms with Gasteiger partial charge < -0.3 is 14.8 Å². The summed E-state index contributed by atoms with van der Waals surface area (Å²) < 4.78 is 1.98. The van der Waals surface area contributed by atoms with E-state index in [2.05, 4.69) is 5.32 Å². The molecule has 1 aromatic heterocycles. The molecule has 0 aliphatic heterocycles. The van der Waals surface area contributed by atoms with E-state index in [1.165, 1.54) is 19.3 Å². The molecule has 1 unspecified atom stereocenters. The minimum atomic E-state index is -0.228. The molecule has 1 aromatic carbocycles. The average molecular weight is 383 g/mol. The molecule has 1 N–H and O–H groups in total. The Balaban J connectivity index is 1.57. The van der Waals surface area contributed by atoms with Gasteiger partial charge in [0.05, 0.1) is 17.1 Å². The van der Waals surface area contributed by atoms with Crippen LogP contribution >= 0.6 is 0 Å². The number of nitrogens with zero attached hydrogens (tertiary/aromatic N) is 3. The number of para-hydroxylation sites is 2. The molecule has 2 saturated carbocycles. The van der Waals surface area contributed by atoms with Gasteiger partial charge in [0.1, 0.15) is 12.4 Å². The topological polar surface area (TPSA) is 67.2 Å². The monoisotopic (exact) mass is 382 g/mol. The molecule has 6 heteroatoms. The summed E-state index contributed by atoms with van der Waals surface area (Å²) in [5, 5.41) is 3.08. The first-order valence-electron chi connectivity index (χ1n) is 10.6. The minimum Gasteiger partial charge on any atom is -0.346 e. The zero-order chi connectivity index (χ0) is 19.7. The largest absolute Gasteiger partial charge is 0.346 e. The van der Waals surface area contributed by atoms with Gasteiger partial charge in [-0.1, -0.05) is 31.4 Å². The minimum absolute atomic E-state index is 0.0942. The van der Waals surface area contributed by atoms with E-state index in [4.69, 9.17) is 4.98 Å². The van der Waals surface area contributed by atoms with Gasteiger partial charge in [0.15, 0.2) is 0 Å². The molecule has 28 heavy (non-hydrogen) atoms. The van der Waals surface area contributed by atoms with Gasteiger partial charge in [0.2, 0.25) is 11.8 Å².